The van der Waals surface area contributed by atoms with Crippen LogP contribution in [0.4, 0.5) is 17.1 Å². The number of aromatic nitrogens is 3. The molecule has 7 amide bonds. The molecule has 0 fully saturated rings. The molecule has 6 aromatic rings. The van der Waals surface area contributed by atoms with E-state index in [1.807, 2.05) is 87.8 Å². The van der Waals surface area contributed by atoms with Crippen molar-refractivity contribution in [2.75, 3.05) is 56.7 Å². The second-order valence-corrected chi connectivity index (χ2v) is 32.6. The van der Waals surface area contributed by atoms with Crippen molar-refractivity contribution < 1.29 is 52.3 Å². The molecule has 0 radical (unpaired) electrons. The standard InChI is InChI=1S/C90H120N18O10/c1-9-10-35-68(99-81(111)60-27-12-11-13-28-60)83(113)100-69(36-20-21-49-91)84(114)102-71(38-26-51-97-87(94)95)85(115)101-70(37-25-50-96-86(92)93)82(112)98-64-43-41-61-56-62-31-24-30-59(80(62)118-74(61)57-64)42-44-75-90(6,7)67-34-17-19-40-73(67)106(75)52-22-23-53-108-79-65-32-15-14-29-63(65)58-107(72-39-18-16-33-66(72)78(79)104-105-108)77(110)46-45-76(109)103-88(2,3)47-55-117-89(4,5)48-54-116-8/h11-19,27-29,32-34,39-44,56-57,68-71H,9-10,20-26,30-31,35-38,45-55,58,91H2,1-8H3,(H13,92,93,94,95,96,97,99,100,101,102,103,109,111,113,114,115)/p+1/t68-,69-,70?,71-/m0/s1. The van der Waals surface area contributed by atoms with Gasteiger partial charge >= 0.3 is 0 Å². The number of unbranched alkanes of at least 4 members (excludes halogenated alkanes) is 3. The second-order valence-electron chi connectivity index (χ2n) is 32.6. The minimum absolute atomic E-state index is 0.00807. The third-order valence-electron chi connectivity index (χ3n) is 22.1. The van der Waals surface area contributed by atoms with E-state index in [-0.39, 0.29) is 92.9 Å². The van der Waals surface area contributed by atoms with Crippen molar-refractivity contribution in [1.82, 2.24) is 52.2 Å². The van der Waals surface area contributed by atoms with Gasteiger partial charge in [0.25, 0.3) is 5.91 Å². The van der Waals surface area contributed by atoms with Gasteiger partial charge in [0.05, 0.1) is 28.9 Å². The number of carbonyl (C=O) groups is 7. The predicted molar refractivity (Wildman–Crippen MR) is 461 cm³/mol. The highest BCUT2D eigenvalue weighted by atomic mass is 16.5. The maximum atomic E-state index is 14.7. The van der Waals surface area contributed by atoms with Gasteiger partial charge < -0.3 is 78.8 Å². The molecule has 0 bridgehead atoms. The molecule has 16 N–H and O–H groups in total. The topological polar surface area (TPSA) is 406 Å². The molecule has 5 aromatic carbocycles. The number of benzene rings is 5. The number of nitrogens with two attached hydrogens (primary N) is 3. The van der Waals surface area contributed by atoms with Gasteiger partial charge in [-0.3, -0.25) is 44.4 Å². The lowest BCUT2D eigenvalue weighted by Crippen LogP contribution is -2.58. The number of rotatable bonds is 43. The first-order valence-electron chi connectivity index (χ1n) is 41.7. The van der Waals surface area contributed by atoms with Crippen LogP contribution in [0.1, 0.15) is 198 Å². The summed E-state index contributed by atoms with van der Waals surface area (Å²) in [7, 11) is 1.67. The van der Waals surface area contributed by atoms with E-state index >= 15 is 0 Å². The van der Waals surface area contributed by atoms with Crippen LogP contribution in [0.5, 0.6) is 5.75 Å². The number of nitrogens with one attached hydrogen (secondary N) is 10. The molecular formula is C90H121N18O10+. The summed E-state index contributed by atoms with van der Waals surface area (Å²) in [6.45, 7) is 17.9. The Morgan fingerprint density at radius 2 is 1.32 bits per heavy atom. The number of methoxy groups -OCH3 is 1. The molecular weight excluding hydrogens is 1490 g/mol. The third kappa shape index (κ3) is 24.2. The first-order chi connectivity index (χ1) is 56.7. The van der Waals surface area contributed by atoms with Crippen LogP contribution in [0.15, 0.2) is 150 Å². The van der Waals surface area contributed by atoms with Crippen LogP contribution < -0.4 is 69.4 Å². The van der Waals surface area contributed by atoms with Crippen molar-refractivity contribution >= 4 is 82.1 Å². The van der Waals surface area contributed by atoms with E-state index < -0.39 is 59.2 Å². The van der Waals surface area contributed by atoms with Gasteiger partial charge in [-0.2, -0.15) is 4.58 Å². The maximum Gasteiger partial charge on any atom is 0.251 e. The fraction of sp³-hybridized carbons (Fsp3) is 0.467. The van der Waals surface area contributed by atoms with Gasteiger partial charge in [0.2, 0.25) is 41.1 Å². The Morgan fingerprint density at radius 3 is 2.01 bits per heavy atom. The first kappa shape index (κ1) is 89.0. The number of ether oxygens (including phenoxy) is 3. The van der Waals surface area contributed by atoms with E-state index in [0.717, 1.165) is 101 Å². The van der Waals surface area contributed by atoms with Crippen LogP contribution in [0.25, 0.3) is 28.6 Å². The Hall–Kier alpha value is -11.4. The molecule has 1 unspecified atom stereocenters. The van der Waals surface area contributed by atoms with E-state index in [9.17, 15) is 33.6 Å². The lowest BCUT2D eigenvalue weighted by molar-refractivity contribution is -0.438. The molecule has 0 saturated carbocycles. The molecule has 1 aliphatic carbocycles. The number of hydrogen-bond donors (Lipinski definition) is 13. The van der Waals surface area contributed by atoms with E-state index in [1.54, 1.807) is 54.5 Å². The summed E-state index contributed by atoms with van der Waals surface area (Å²) >= 11 is 0. The van der Waals surface area contributed by atoms with Crippen molar-refractivity contribution in [3.05, 3.63) is 173 Å². The molecule has 3 aliphatic heterocycles. The number of hydrogen-bond acceptors (Lipinski definition) is 15. The number of nitrogens with zero attached hydrogens (tertiary/aromatic N) is 5. The molecule has 4 aliphatic rings. The third-order valence-corrected chi connectivity index (χ3v) is 22.1. The average molecular weight is 1620 g/mol. The fourth-order valence-corrected chi connectivity index (χ4v) is 15.5. The smallest absolute Gasteiger partial charge is 0.251 e. The lowest BCUT2D eigenvalue weighted by Gasteiger charge is -2.30. The van der Waals surface area contributed by atoms with Crippen molar-refractivity contribution in [2.45, 2.75) is 224 Å². The number of allylic oxidation sites excluding steroid dienone is 4. The molecule has 4 atom stereocenters. The monoisotopic (exact) mass is 1610 g/mol. The number of para-hydroxylation sites is 2. The zero-order valence-corrected chi connectivity index (χ0v) is 69.7. The molecule has 28 nitrogen and oxygen atoms in total. The highest BCUT2D eigenvalue weighted by Gasteiger charge is 2.44. The van der Waals surface area contributed by atoms with E-state index in [1.165, 1.54) is 5.56 Å². The van der Waals surface area contributed by atoms with Gasteiger partial charge in [0.15, 0.2) is 17.6 Å². The number of amides is 7. The van der Waals surface area contributed by atoms with Crippen LogP contribution in [-0.4, -0.2) is 160 Å². The number of carbonyl (C=O) groups excluding carboxylic acids is 7. The molecule has 0 spiro atoms. The van der Waals surface area contributed by atoms with E-state index in [4.69, 9.17) is 52.5 Å². The molecule has 630 valence electrons. The summed E-state index contributed by atoms with van der Waals surface area (Å²) in [5, 5.41) is 48.4. The van der Waals surface area contributed by atoms with Crippen LogP contribution in [-0.2, 0) is 56.7 Å². The van der Waals surface area contributed by atoms with Gasteiger partial charge in [-0.05, 0) is 197 Å². The SMILES string of the molecule is CCCC[C@H](NC(=O)c1ccccc1)C(=O)N[C@@H](CCCCN)C(=O)N[C@@H](CCCNC(=N)N)C(=O)NC(CCCNC(=N)N)C(=O)Nc1ccc2c(c1)OC1=C(/C=C/C3=[N+](CCCCn4nnc5c4-c4ccccc4CN(C(=O)CCC(=O)NC(C)(C)CCOC(C)(C)CCOC)c4ccccc4-5)c4ccccc4C3(C)C)CCCC1=C2. The molecule has 1 aromatic heterocycles. The predicted octanol–water partition coefficient (Wildman–Crippen LogP) is 10.7. The first-order valence-corrected chi connectivity index (χ1v) is 41.7. The Morgan fingerprint density at radius 1 is 0.686 bits per heavy atom. The Bertz CT molecular complexity index is 4700. The lowest BCUT2D eigenvalue weighted by atomic mass is 9.81. The largest absolute Gasteiger partial charge is 0.456 e. The van der Waals surface area contributed by atoms with Crippen molar-refractivity contribution in [3.63, 3.8) is 0 Å². The van der Waals surface area contributed by atoms with Crippen LogP contribution >= 0.6 is 0 Å². The molecule has 0 saturated heterocycles. The van der Waals surface area contributed by atoms with Gasteiger partial charge in [-0.1, -0.05) is 104 Å². The summed E-state index contributed by atoms with van der Waals surface area (Å²) < 4.78 is 22.8. The summed E-state index contributed by atoms with van der Waals surface area (Å²) in [6.07, 6.45) is 15.5. The normalized spacial score (nSPS) is 15.0. The number of aryl methyl sites for hydroxylation is 1. The highest BCUT2D eigenvalue weighted by molar-refractivity contribution is 6.05. The minimum atomic E-state index is -1.24. The van der Waals surface area contributed by atoms with E-state index in [0.29, 0.717) is 99.8 Å². The summed E-state index contributed by atoms with van der Waals surface area (Å²) in [6, 6.07) is 33.9. The van der Waals surface area contributed by atoms with Gasteiger partial charge in [0, 0.05) is 116 Å². The number of fused-ring (bicyclic) bond motifs is 8. The minimum Gasteiger partial charge on any atom is -0.456 e. The van der Waals surface area contributed by atoms with Crippen LogP contribution in [0.2, 0.25) is 0 Å². The molecule has 4 heterocycles. The highest BCUT2D eigenvalue weighted by Crippen LogP contribution is 2.45. The van der Waals surface area contributed by atoms with Crippen molar-refractivity contribution in [2.24, 2.45) is 17.2 Å². The van der Waals surface area contributed by atoms with E-state index in [2.05, 4.69) is 110 Å². The second kappa shape index (κ2) is 42.2. The van der Waals surface area contributed by atoms with Crippen LogP contribution in [0, 0.1) is 10.8 Å². The van der Waals surface area contributed by atoms with Gasteiger partial charge in [0.1, 0.15) is 47.9 Å². The zero-order chi connectivity index (χ0) is 84.5. The van der Waals surface area contributed by atoms with Gasteiger partial charge in [-0.15, -0.1) is 5.10 Å². The quantitative estimate of drug-likeness (QED) is 0.00732. The number of anilines is 2. The Labute approximate surface area is 693 Å². The fourth-order valence-electron chi connectivity index (χ4n) is 15.5. The Kier molecular flexibility index (Phi) is 31.8. The van der Waals surface area contributed by atoms with Crippen molar-refractivity contribution in [1.29, 1.82) is 10.8 Å². The van der Waals surface area contributed by atoms with Crippen LogP contribution in [0.3, 0.4) is 0 Å². The number of guanidine groups is 2. The maximum absolute atomic E-state index is 14.7. The summed E-state index contributed by atoms with van der Waals surface area (Å²) in [5.41, 5.74) is 28.0. The molecule has 118 heavy (non-hydrogen) atoms. The molecule has 28 heteroatoms. The Balaban J connectivity index is 0.828. The van der Waals surface area contributed by atoms with Gasteiger partial charge in [-0.25, -0.2) is 4.68 Å². The summed E-state index contributed by atoms with van der Waals surface area (Å²) in [4.78, 5) is 101. The molecule has 10 rings (SSSR count). The average Bonchev–Trinajstić information content (AvgIpc) is 1.62. The van der Waals surface area contributed by atoms with Crippen molar-refractivity contribution in [3.8, 4) is 28.3 Å². The summed E-state index contributed by atoms with van der Waals surface area (Å²) in [5.74, 6) is -2.57. The zero-order valence-electron chi connectivity index (χ0n) is 69.7.